The van der Waals surface area contributed by atoms with Crippen LogP contribution in [0.2, 0.25) is 0 Å². The topological polar surface area (TPSA) is 55.6 Å². The minimum atomic E-state index is 0.0549. The molecule has 2 aliphatic rings. The van der Waals surface area contributed by atoms with Gasteiger partial charge in [-0.25, -0.2) is 0 Å². The maximum atomic E-state index is 12.8. The molecule has 2 aromatic rings. The van der Waals surface area contributed by atoms with Crippen molar-refractivity contribution in [2.75, 3.05) is 20.2 Å². The van der Waals surface area contributed by atoms with E-state index in [4.69, 9.17) is 4.74 Å². The Morgan fingerprint density at radius 3 is 2.84 bits per heavy atom. The predicted octanol–water partition coefficient (Wildman–Crippen LogP) is 2.29. The molecule has 1 aliphatic heterocycles. The molecule has 0 radical (unpaired) electrons. The van der Waals surface area contributed by atoms with Gasteiger partial charge in [0.15, 0.2) is 0 Å². The van der Waals surface area contributed by atoms with E-state index in [0.29, 0.717) is 12.2 Å². The molecule has 0 unspecified atom stereocenters. The van der Waals surface area contributed by atoms with E-state index in [1.807, 2.05) is 42.0 Å². The maximum absolute atomic E-state index is 12.8. The number of aryl methyl sites for hydroxylation is 1. The molecule has 1 aromatic carbocycles. The normalized spacial score (nSPS) is 15.4. The summed E-state index contributed by atoms with van der Waals surface area (Å²) in [5, 5.41) is 3.30. The number of rotatable bonds is 5. The van der Waals surface area contributed by atoms with Gasteiger partial charge < -0.3 is 14.6 Å². The Balaban J connectivity index is 1.49. The van der Waals surface area contributed by atoms with Crippen LogP contribution in [0.1, 0.15) is 27.2 Å². The molecule has 0 fully saturated rings. The average molecular weight is 335 g/mol. The van der Waals surface area contributed by atoms with Crippen LogP contribution in [0.25, 0.3) is 0 Å². The molecule has 1 N–H and O–H groups in total. The largest absolute Gasteiger partial charge is 0.497 e. The van der Waals surface area contributed by atoms with E-state index < -0.39 is 0 Å². The second kappa shape index (κ2) is 6.24. The van der Waals surface area contributed by atoms with Crippen LogP contribution in [-0.2, 0) is 19.9 Å². The Kier molecular flexibility index (Phi) is 3.92. The van der Waals surface area contributed by atoms with E-state index in [1.165, 1.54) is 11.1 Å². The summed E-state index contributed by atoms with van der Waals surface area (Å²) in [6, 6.07) is 8.00. The lowest BCUT2D eigenvalue weighted by atomic mass is 9.92. The monoisotopic (exact) mass is 335 g/mol. The van der Waals surface area contributed by atoms with Crippen LogP contribution in [0.15, 0.2) is 47.2 Å². The third-order valence-electron chi connectivity index (χ3n) is 4.81. The van der Waals surface area contributed by atoms with Crippen molar-refractivity contribution in [3.63, 3.8) is 0 Å². The summed E-state index contributed by atoms with van der Waals surface area (Å²) in [5.74, 6) is 0.906. The molecule has 0 atom stereocenters. The number of methoxy groups -OCH3 is 1. The van der Waals surface area contributed by atoms with Crippen LogP contribution in [0.4, 0.5) is 0 Å². The summed E-state index contributed by atoms with van der Waals surface area (Å²) < 4.78 is 7.11. The molecule has 25 heavy (non-hydrogen) atoms. The van der Waals surface area contributed by atoms with Crippen LogP contribution in [0, 0.1) is 0 Å². The Hall–Kier alpha value is -2.82. The molecule has 1 aromatic heterocycles. The van der Waals surface area contributed by atoms with Crippen molar-refractivity contribution in [3.8, 4) is 5.75 Å². The lowest BCUT2D eigenvalue weighted by Gasteiger charge is -2.20. The van der Waals surface area contributed by atoms with Crippen molar-refractivity contribution in [1.29, 1.82) is 0 Å². The number of hydrogen-bond donors (Lipinski definition) is 1. The summed E-state index contributed by atoms with van der Waals surface area (Å²) in [6.45, 7) is 1.49. The van der Waals surface area contributed by atoms with Gasteiger partial charge in [-0.2, -0.15) is 0 Å². The SMILES string of the molecule is COc1ccc(CCNC2=CC3=NCCc4cn(C)c(c43)C2=O)cc1. The number of nitrogens with zero attached hydrogens (tertiary/aromatic N) is 2. The Bertz CT molecular complexity index is 888. The van der Waals surface area contributed by atoms with E-state index >= 15 is 0 Å². The predicted molar refractivity (Wildman–Crippen MR) is 97.6 cm³/mol. The Morgan fingerprint density at radius 2 is 2.08 bits per heavy atom. The second-order valence-electron chi connectivity index (χ2n) is 6.42. The summed E-state index contributed by atoms with van der Waals surface area (Å²) in [4.78, 5) is 17.4. The van der Waals surface area contributed by atoms with E-state index in [1.54, 1.807) is 7.11 Å². The highest BCUT2D eigenvalue weighted by Crippen LogP contribution is 2.28. The van der Waals surface area contributed by atoms with Crippen molar-refractivity contribution in [2.45, 2.75) is 12.8 Å². The van der Waals surface area contributed by atoms with Gasteiger partial charge in [0.1, 0.15) is 11.4 Å². The molecule has 5 nitrogen and oxygen atoms in total. The van der Waals surface area contributed by atoms with Crippen molar-refractivity contribution in [2.24, 2.45) is 12.0 Å². The Morgan fingerprint density at radius 1 is 1.28 bits per heavy atom. The van der Waals surface area contributed by atoms with Crippen molar-refractivity contribution in [3.05, 3.63) is 64.6 Å². The molecule has 0 saturated heterocycles. The molecule has 0 amide bonds. The number of ketones is 1. The first-order valence-electron chi connectivity index (χ1n) is 8.53. The van der Waals surface area contributed by atoms with Crippen molar-refractivity contribution < 1.29 is 9.53 Å². The zero-order valence-electron chi connectivity index (χ0n) is 14.5. The first-order chi connectivity index (χ1) is 12.2. The number of benzene rings is 1. The van der Waals surface area contributed by atoms with Crippen LogP contribution in [0.3, 0.4) is 0 Å². The zero-order chi connectivity index (χ0) is 17.4. The number of nitrogens with one attached hydrogen (secondary N) is 1. The van der Waals surface area contributed by atoms with Gasteiger partial charge in [0.25, 0.3) is 0 Å². The average Bonchev–Trinajstić information content (AvgIpc) is 2.97. The molecular weight excluding hydrogens is 314 g/mol. The molecule has 2 heterocycles. The van der Waals surface area contributed by atoms with Gasteiger partial charge in [0.2, 0.25) is 5.78 Å². The summed E-state index contributed by atoms with van der Waals surface area (Å²) in [5.41, 5.74) is 5.78. The quantitative estimate of drug-likeness (QED) is 0.912. The number of allylic oxidation sites excluding steroid dienone is 2. The summed E-state index contributed by atoms with van der Waals surface area (Å²) >= 11 is 0. The zero-order valence-corrected chi connectivity index (χ0v) is 14.5. The highest BCUT2D eigenvalue weighted by Gasteiger charge is 2.31. The van der Waals surface area contributed by atoms with E-state index in [9.17, 15) is 4.79 Å². The van der Waals surface area contributed by atoms with Crippen LogP contribution in [0.5, 0.6) is 5.75 Å². The fourth-order valence-electron chi connectivity index (χ4n) is 3.53. The third-order valence-corrected chi connectivity index (χ3v) is 4.81. The third kappa shape index (κ3) is 2.76. The van der Waals surface area contributed by atoms with Gasteiger partial charge in [-0.3, -0.25) is 9.79 Å². The smallest absolute Gasteiger partial charge is 0.225 e. The number of ether oxygens (including phenoxy) is 1. The molecule has 4 rings (SSSR count). The van der Waals surface area contributed by atoms with Crippen LogP contribution in [-0.4, -0.2) is 36.3 Å². The summed E-state index contributed by atoms with van der Waals surface area (Å²) in [7, 11) is 3.60. The second-order valence-corrected chi connectivity index (χ2v) is 6.42. The minimum Gasteiger partial charge on any atom is -0.497 e. The first kappa shape index (κ1) is 15.7. The fourth-order valence-corrected chi connectivity index (χ4v) is 3.53. The highest BCUT2D eigenvalue weighted by molar-refractivity contribution is 6.26. The van der Waals surface area contributed by atoms with Crippen LogP contribution < -0.4 is 10.1 Å². The highest BCUT2D eigenvalue weighted by atomic mass is 16.5. The van der Waals surface area contributed by atoms with E-state index in [-0.39, 0.29) is 5.78 Å². The van der Waals surface area contributed by atoms with Gasteiger partial charge in [-0.1, -0.05) is 12.1 Å². The van der Waals surface area contributed by atoms with Gasteiger partial charge >= 0.3 is 0 Å². The van der Waals surface area contributed by atoms with Gasteiger partial charge in [0, 0.05) is 31.9 Å². The maximum Gasteiger partial charge on any atom is 0.225 e. The van der Waals surface area contributed by atoms with Crippen LogP contribution >= 0.6 is 0 Å². The summed E-state index contributed by atoms with van der Waals surface area (Å²) in [6.07, 6.45) is 5.72. The van der Waals surface area contributed by atoms with E-state index in [0.717, 1.165) is 42.1 Å². The van der Waals surface area contributed by atoms with Crippen molar-refractivity contribution >= 4 is 11.5 Å². The van der Waals surface area contributed by atoms with Gasteiger partial charge in [-0.05, 0) is 42.2 Å². The molecule has 0 spiro atoms. The lowest BCUT2D eigenvalue weighted by molar-refractivity contribution is 0.101. The lowest BCUT2D eigenvalue weighted by Crippen LogP contribution is -2.30. The number of carbonyl (C=O) groups is 1. The fraction of sp³-hybridized carbons (Fsp3) is 0.300. The molecule has 0 saturated carbocycles. The number of carbonyl (C=O) groups excluding carboxylic acids is 1. The number of aromatic nitrogens is 1. The van der Waals surface area contributed by atoms with Gasteiger partial charge in [0.05, 0.1) is 18.5 Å². The van der Waals surface area contributed by atoms with Crippen molar-refractivity contribution in [1.82, 2.24) is 9.88 Å². The standard InChI is InChI=1S/C20H21N3O2/c1-23-12-14-8-10-21-16-11-17(20(24)19(23)18(14)16)22-9-7-13-3-5-15(25-2)6-4-13/h3-6,11-12,22H,7-10H2,1-2H3. The molecular formula is C20H21N3O2. The number of hydrogen-bond acceptors (Lipinski definition) is 4. The molecule has 5 heteroatoms. The molecule has 0 bridgehead atoms. The minimum absolute atomic E-state index is 0.0549. The Labute approximate surface area is 147 Å². The van der Waals surface area contributed by atoms with Gasteiger partial charge in [-0.15, -0.1) is 0 Å². The number of Topliss-reactive ketones (excluding diaryl/α,β-unsaturated/α-hetero) is 1. The molecule has 128 valence electrons. The number of aliphatic imine (C=N–C) groups is 1. The van der Waals surface area contributed by atoms with E-state index in [2.05, 4.69) is 16.5 Å². The first-order valence-corrected chi connectivity index (χ1v) is 8.53. The molecule has 1 aliphatic carbocycles.